The van der Waals surface area contributed by atoms with Crippen LogP contribution in [0.2, 0.25) is 0 Å². The van der Waals surface area contributed by atoms with Crippen LogP contribution in [-0.4, -0.2) is 48.3 Å². The smallest absolute Gasteiger partial charge is 0.333 e. The number of carbonyl (C=O) groups is 4. The molecule has 0 saturated carbocycles. The van der Waals surface area contributed by atoms with Crippen molar-refractivity contribution in [3.05, 3.63) is 36.5 Å². The molecule has 0 rings (SSSR count). The van der Waals surface area contributed by atoms with Gasteiger partial charge in [-0.05, 0) is 13.8 Å². The van der Waals surface area contributed by atoms with Gasteiger partial charge in [-0.1, -0.05) is 13.2 Å². The third-order valence-electron chi connectivity index (χ3n) is 2.14. The van der Waals surface area contributed by atoms with Gasteiger partial charge in [0, 0.05) is 23.3 Å². The topological polar surface area (TPSA) is 116 Å². The Bertz CT molecular complexity index is 514. The Morgan fingerprint density at radius 3 is 1.74 bits per heavy atom. The minimum atomic E-state index is -1.33. The first-order chi connectivity index (χ1) is 10.6. The number of hydrogen-bond donors (Lipinski definition) is 1. The molecule has 0 unspecified atom stereocenters. The maximum absolute atomic E-state index is 11.4. The Hall–Kier alpha value is -2.90. The van der Waals surface area contributed by atoms with Crippen molar-refractivity contribution in [2.75, 3.05) is 13.2 Å². The van der Waals surface area contributed by atoms with Gasteiger partial charge in [0.1, 0.15) is 13.2 Å². The number of ether oxygens (including phenoxy) is 3. The number of carboxylic acid groups (broad SMARTS) is 1. The molecule has 23 heavy (non-hydrogen) atoms. The summed E-state index contributed by atoms with van der Waals surface area (Å²) in [7, 11) is 0. The van der Waals surface area contributed by atoms with Crippen molar-refractivity contribution in [1.82, 2.24) is 0 Å². The van der Waals surface area contributed by atoms with E-state index < -0.39 is 30.0 Å². The molecule has 0 radical (unpaired) electrons. The zero-order valence-electron chi connectivity index (χ0n) is 12.9. The van der Waals surface area contributed by atoms with Crippen LogP contribution in [-0.2, 0) is 33.4 Å². The van der Waals surface area contributed by atoms with E-state index in [-0.39, 0.29) is 24.4 Å². The zero-order chi connectivity index (χ0) is 18.0. The van der Waals surface area contributed by atoms with Crippen molar-refractivity contribution in [3.8, 4) is 0 Å². The second kappa shape index (κ2) is 9.93. The molecule has 0 amide bonds. The van der Waals surface area contributed by atoms with Gasteiger partial charge in [0.05, 0.1) is 0 Å². The van der Waals surface area contributed by atoms with E-state index in [2.05, 4.69) is 13.2 Å². The average Bonchev–Trinajstić information content (AvgIpc) is 2.46. The van der Waals surface area contributed by atoms with Crippen LogP contribution in [0.4, 0.5) is 0 Å². The van der Waals surface area contributed by atoms with Crippen molar-refractivity contribution >= 4 is 23.9 Å². The molecule has 0 aromatic rings. The number of esters is 3. The van der Waals surface area contributed by atoms with Gasteiger partial charge in [0.2, 0.25) is 0 Å². The van der Waals surface area contributed by atoms with Gasteiger partial charge in [-0.25, -0.2) is 19.2 Å². The lowest BCUT2D eigenvalue weighted by molar-refractivity contribution is -0.160. The van der Waals surface area contributed by atoms with Gasteiger partial charge >= 0.3 is 23.9 Å². The summed E-state index contributed by atoms with van der Waals surface area (Å²) in [6.45, 7) is 8.86. The Labute approximate surface area is 133 Å². The number of carboxylic acids is 1. The normalized spacial score (nSPS) is 10.2. The van der Waals surface area contributed by atoms with E-state index in [4.69, 9.17) is 19.3 Å². The SMILES string of the molecule is C=C(C)C(=O)OCC(COC(=O)C(=C)C)OC(=O)C=CC(=O)O. The van der Waals surface area contributed by atoms with Crippen LogP contribution in [0.25, 0.3) is 0 Å². The molecule has 0 aliphatic rings. The molecule has 0 atom stereocenters. The summed E-state index contributed by atoms with van der Waals surface area (Å²) in [4.78, 5) is 44.4. The number of aliphatic carboxylic acids is 1. The fourth-order valence-corrected chi connectivity index (χ4v) is 1.04. The van der Waals surface area contributed by atoms with E-state index in [0.717, 1.165) is 0 Å². The molecular weight excluding hydrogens is 308 g/mol. The van der Waals surface area contributed by atoms with E-state index in [1.807, 2.05) is 0 Å². The maximum atomic E-state index is 11.4. The van der Waals surface area contributed by atoms with Gasteiger partial charge in [-0.2, -0.15) is 0 Å². The quantitative estimate of drug-likeness (QED) is 0.375. The van der Waals surface area contributed by atoms with Gasteiger partial charge in [-0.3, -0.25) is 0 Å². The lowest BCUT2D eigenvalue weighted by Gasteiger charge is -2.17. The molecule has 0 aromatic heterocycles. The maximum Gasteiger partial charge on any atom is 0.333 e. The first-order valence-electron chi connectivity index (χ1n) is 6.40. The second-order valence-electron chi connectivity index (χ2n) is 4.49. The molecule has 0 aliphatic carbocycles. The highest BCUT2D eigenvalue weighted by molar-refractivity contribution is 5.91. The van der Waals surface area contributed by atoms with Crippen molar-refractivity contribution in [2.24, 2.45) is 0 Å². The number of carbonyl (C=O) groups excluding carboxylic acids is 3. The van der Waals surface area contributed by atoms with E-state index >= 15 is 0 Å². The first kappa shape index (κ1) is 20.1. The highest BCUT2D eigenvalue weighted by atomic mass is 16.6. The predicted octanol–water partition coefficient (Wildman–Crippen LogP) is 0.778. The van der Waals surface area contributed by atoms with Crippen LogP contribution >= 0.6 is 0 Å². The van der Waals surface area contributed by atoms with E-state index in [1.165, 1.54) is 13.8 Å². The molecule has 0 saturated heterocycles. The second-order valence-corrected chi connectivity index (χ2v) is 4.49. The lowest BCUT2D eigenvalue weighted by atomic mass is 10.3. The number of hydrogen-bond acceptors (Lipinski definition) is 7. The molecule has 0 heterocycles. The van der Waals surface area contributed by atoms with E-state index in [9.17, 15) is 19.2 Å². The summed E-state index contributed by atoms with van der Waals surface area (Å²) in [5.41, 5.74) is 0.277. The van der Waals surface area contributed by atoms with Crippen LogP contribution in [0.5, 0.6) is 0 Å². The van der Waals surface area contributed by atoms with Gasteiger partial charge in [0.15, 0.2) is 6.10 Å². The molecule has 8 heteroatoms. The first-order valence-corrected chi connectivity index (χ1v) is 6.40. The summed E-state index contributed by atoms with van der Waals surface area (Å²) in [6.07, 6.45) is 0.155. The molecule has 0 aromatic carbocycles. The summed E-state index contributed by atoms with van der Waals surface area (Å²) in [6, 6.07) is 0. The summed E-state index contributed by atoms with van der Waals surface area (Å²) >= 11 is 0. The van der Waals surface area contributed by atoms with Crippen molar-refractivity contribution in [2.45, 2.75) is 20.0 Å². The highest BCUT2D eigenvalue weighted by Crippen LogP contribution is 2.02. The van der Waals surface area contributed by atoms with E-state index in [0.29, 0.717) is 12.2 Å². The van der Waals surface area contributed by atoms with Crippen LogP contribution in [0, 0.1) is 0 Å². The standard InChI is InChI=1S/C15H18O8/c1-9(2)14(19)21-7-11(8-22-15(20)10(3)4)23-13(18)6-5-12(16)17/h5-6,11H,1,3,7-8H2,2,4H3,(H,16,17). The zero-order valence-corrected chi connectivity index (χ0v) is 12.9. The molecular formula is C15H18O8. The van der Waals surface area contributed by atoms with E-state index in [1.54, 1.807) is 0 Å². The highest BCUT2D eigenvalue weighted by Gasteiger charge is 2.19. The Morgan fingerprint density at radius 2 is 1.39 bits per heavy atom. The summed E-state index contributed by atoms with van der Waals surface area (Å²) in [5, 5.41) is 8.42. The third kappa shape index (κ3) is 9.62. The summed E-state index contributed by atoms with van der Waals surface area (Å²) < 4.78 is 14.5. The van der Waals surface area contributed by atoms with Gasteiger partial charge < -0.3 is 19.3 Å². The predicted molar refractivity (Wildman–Crippen MR) is 78.2 cm³/mol. The van der Waals surface area contributed by atoms with Gasteiger partial charge in [0.25, 0.3) is 0 Å². The molecule has 126 valence electrons. The fraction of sp³-hybridized carbons (Fsp3) is 0.333. The average molecular weight is 326 g/mol. The van der Waals surface area contributed by atoms with Crippen molar-refractivity contribution in [1.29, 1.82) is 0 Å². The largest absolute Gasteiger partial charge is 0.478 e. The van der Waals surface area contributed by atoms with Crippen molar-refractivity contribution in [3.63, 3.8) is 0 Å². The van der Waals surface area contributed by atoms with Crippen LogP contribution < -0.4 is 0 Å². The third-order valence-corrected chi connectivity index (χ3v) is 2.14. The molecule has 0 fully saturated rings. The van der Waals surface area contributed by atoms with Gasteiger partial charge in [-0.15, -0.1) is 0 Å². The lowest BCUT2D eigenvalue weighted by Crippen LogP contribution is -2.30. The Morgan fingerprint density at radius 1 is 0.957 bits per heavy atom. The van der Waals surface area contributed by atoms with Crippen LogP contribution in [0.3, 0.4) is 0 Å². The number of rotatable bonds is 9. The monoisotopic (exact) mass is 326 g/mol. The molecule has 8 nitrogen and oxygen atoms in total. The Balaban J connectivity index is 4.71. The summed E-state index contributed by atoms with van der Waals surface area (Å²) in [5.74, 6) is -3.74. The molecule has 0 spiro atoms. The Kier molecular flexibility index (Phi) is 8.68. The van der Waals surface area contributed by atoms with Crippen molar-refractivity contribution < 1.29 is 38.5 Å². The van der Waals surface area contributed by atoms with Crippen LogP contribution in [0.15, 0.2) is 36.5 Å². The molecule has 0 aliphatic heterocycles. The fourth-order valence-electron chi connectivity index (χ4n) is 1.04. The molecule has 0 bridgehead atoms. The minimum absolute atomic E-state index is 0.139. The van der Waals surface area contributed by atoms with Crippen LogP contribution in [0.1, 0.15) is 13.8 Å². The molecule has 1 N–H and O–H groups in total. The minimum Gasteiger partial charge on any atom is -0.478 e.